The zero-order chi connectivity index (χ0) is 26.9. The summed E-state index contributed by atoms with van der Waals surface area (Å²) in [5, 5.41) is 10.9. The van der Waals surface area contributed by atoms with Crippen molar-refractivity contribution in [2.24, 2.45) is 0 Å². The number of rotatable bonds is 8. The Morgan fingerprint density at radius 3 is 2.32 bits per heavy atom. The number of hydrogen-bond acceptors (Lipinski definition) is 4. The highest BCUT2D eigenvalue weighted by molar-refractivity contribution is 6.74. The first-order valence-corrected chi connectivity index (χ1v) is 15.9. The maximum atomic E-state index is 13.7. The van der Waals surface area contributed by atoms with Gasteiger partial charge in [0.05, 0.1) is 6.54 Å². The predicted molar refractivity (Wildman–Crippen MR) is 153 cm³/mol. The summed E-state index contributed by atoms with van der Waals surface area (Å²) in [6.45, 7) is 12.6. The van der Waals surface area contributed by atoms with Crippen LogP contribution in [0.5, 0.6) is 0 Å². The zero-order valence-corrected chi connectivity index (χ0v) is 23.6. The monoisotopic (exact) mass is 527 g/mol. The number of fused-ring (bicyclic) bond motifs is 1. The average Bonchev–Trinajstić information content (AvgIpc) is 3.52. The standard InChI is InChI=1S/C30H34FN5OSi/c1-30(2,3)38(4,5)37-21-9-19-36-33-27(22-12-14-23(31)15-13-22)28(34-36)25-16-18-32-29-26(25)17-20-35(29)24-10-7-6-8-11-24/h6-8,10-18,20H,9,19,21H2,1-5H3. The molecule has 0 N–H and O–H groups in total. The number of benzene rings is 2. The third-order valence-corrected chi connectivity index (χ3v) is 12.0. The Bertz CT molecular complexity index is 1530. The molecular formula is C30H34FN5OSi. The van der Waals surface area contributed by atoms with E-state index in [2.05, 4.69) is 61.6 Å². The van der Waals surface area contributed by atoms with Crippen LogP contribution in [0.15, 0.2) is 79.1 Å². The van der Waals surface area contributed by atoms with Gasteiger partial charge in [-0.15, -0.1) is 0 Å². The zero-order valence-electron chi connectivity index (χ0n) is 22.6. The number of aromatic nitrogens is 5. The molecule has 0 spiro atoms. The van der Waals surface area contributed by atoms with Crippen molar-refractivity contribution in [3.8, 4) is 28.2 Å². The minimum atomic E-state index is -1.81. The largest absolute Gasteiger partial charge is 0.417 e. The molecule has 0 radical (unpaired) electrons. The van der Waals surface area contributed by atoms with Gasteiger partial charge in [-0.05, 0) is 73.1 Å². The van der Waals surface area contributed by atoms with Crippen molar-refractivity contribution < 1.29 is 8.82 Å². The third kappa shape index (κ3) is 5.19. The quantitative estimate of drug-likeness (QED) is 0.155. The molecule has 0 amide bonds. The van der Waals surface area contributed by atoms with Crippen molar-refractivity contribution in [2.75, 3.05) is 6.61 Å². The average molecular weight is 528 g/mol. The Labute approximate surface area is 224 Å². The predicted octanol–water partition coefficient (Wildman–Crippen LogP) is 7.50. The van der Waals surface area contributed by atoms with Gasteiger partial charge in [0.2, 0.25) is 0 Å². The fraction of sp³-hybridized carbons (Fsp3) is 0.300. The Balaban J connectivity index is 1.49. The number of halogens is 1. The first kappa shape index (κ1) is 26.0. The lowest BCUT2D eigenvalue weighted by Gasteiger charge is -2.36. The maximum Gasteiger partial charge on any atom is 0.191 e. The van der Waals surface area contributed by atoms with Gasteiger partial charge in [0.15, 0.2) is 8.32 Å². The van der Waals surface area contributed by atoms with E-state index in [1.165, 1.54) is 12.1 Å². The number of pyridine rings is 1. The van der Waals surface area contributed by atoms with Crippen molar-refractivity contribution >= 4 is 19.4 Å². The van der Waals surface area contributed by atoms with E-state index in [1.54, 1.807) is 23.1 Å². The molecule has 3 aromatic heterocycles. The molecular weight excluding hydrogens is 493 g/mol. The van der Waals surface area contributed by atoms with Crippen LogP contribution in [0, 0.1) is 5.82 Å². The second-order valence-corrected chi connectivity index (χ2v) is 15.9. The molecule has 2 aromatic carbocycles. The van der Waals surface area contributed by atoms with E-state index in [-0.39, 0.29) is 10.9 Å². The van der Waals surface area contributed by atoms with Crippen LogP contribution in [0.25, 0.3) is 39.2 Å². The normalized spacial score (nSPS) is 12.4. The summed E-state index contributed by atoms with van der Waals surface area (Å²) in [5.74, 6) is -0.281. The Morgan fingerprint density at radius 1 is 0.895 bits per heavy atom. The maximum absolute atomic E-state index is 13.7. The highest BCUT2D eigenvalue weighted by Gasteiger charge is 2.36. The third-order valence-electron chi connectivity index (χ3n) is 7.42. The number of para-hydroxylation sites is 1. The highest BCUT2D eigenvalue weighted by atomic mass is 28.4. The summed E-state index contributed by atoms with van der Waals surface area (Å²) >= 11 is 0. The lowest BCUT2D eigenvalue weighted by Crippen LogP contribution is -2.41. The lowest BCUT2D eigenvalue weighted by molar-refractivity contribution is 0.269. The minimum Gasteiger partial charge on any atom is -0.417 e. The molecule has 0 saturated carbocycles. The molecule has 6 nitrogen and oxygen atoms in total. The topological polar surface area (TPSA) is 57.8 Å². The number of aryl methyl sites for hydroxylation is 1. The van der Waals surface area contributed by atoms with Crippen LogP contribution in [0.3, 0.4) is 0 Å². The Morgan fingerprint density at radius 2 is 1.61 bits per heavy atom. The fourth-order valence-electron chi connectivity index (χ4n) is 4.22. The molecule has 0 bridgehead atoms. The van der Waals surface area contributed by atoms with E-state index in [1.807, 2.05) is 30.5 Å². The smallest absolute Gasteiger partial charge is 0.191 e. The molecule has 5 rings (SSSR count). The van der Waals surface area contributed by atoms with Crippen molar-refractivity contribution in [1.29, 1.82) is 0 Å². The van der Waals surface area contributed by atoms with Crippen molar-refractivity contribution in [2.45, 2.75) is 51.9 Å². The highest BCUT2D eigenvalue weighted by Crippen LogP contribution is 2.37. The van der Waals surface area contributed by atoms with Crippen LogP contribution in [0.2, 0.25) is 18.1 Å². The second-order valence-electron chi connectivity index (χ2n) is 11.1. The first-order chi connectivity index (χ1) is 18.1. The van der Waals surface area contributed by atoms with E-state index < -0.39 is 8.32 Å². The summed E-state index contributed by atoms with van der Waals surface area (Å²) in [6, 6.07) is 20.6. The van der Waals surface area contributed by atoms with Crippen molar-refractivity contribution in [3.63, 3.8) is 0 Å². The van der Waals surface area contributed by atoms with Gasteiger partial charge in [0.25, 0.3) is 0 Å². The molecule has 3 heterocycles. The van der Waals surface area contributed by atoms with E-state index in [0.29, 0.717) is 13.2 Å². The van der Waals surface area contributed by atoms with Crippen molar-refractivity contribution in [1.82, 2.24) is 24.5 Å². The minimum absolute atomic E-state index is 0.169. The summed E-state index contributed by atoms with van der Waals surface area (Å²) in [7, 11) is -1.81. The Kier molecular flexibility index (Phi) is 7.03. The molecule has 196 valence electrons. The molecule has 0 aliphatic rings. The van der Waals surface area contributed by atoms with Gasteiger partial charge in [0.1, 0.15) is 22.9 Å². The van der Waals surface area contributed by atoms with Gasteiger partial charge < -0.3 is 8.99 Å². The van der Waals surface area contributed by atoms with E-state index in [0.717, 1.165) is 45.7 Å². The number of hydrogen-bond donors (Lipinski definition) is 0. The Hall–Kier alpha value is -3.62. The van der Waals surface area contributed by atoms with Crippen LogP contribution in [-0.4, -0.2) is 39.5 Å². The molecule has 0 aliphatic heterocycles. The van der Waals surface area contributed by atoms with Gasteiger partial charge in [-0.1, -0.05) is 39.0 Å². The van der Waals surface area contributed by atoms with Gasteiger partial charge in [-0.25, -0.2) is 9.37 Å². The van der Waals surface area contributed by atoms with Gasteiger partial charge in [-0.3, -0.25) is 0 Å². The van der Waals surface area contributed by atoms with Crippen molar-refractivity contribution in [3.05, 3.63) is 84.9 Å². The fourth-order valence-corrected chi connectivity index (χ4v) is 5.31. The van der Waals surface area contributed by atoms with Gasteiger partial charge >= 0.3 is 0 Å². The summed E-state index contributed by atoms with van der Waals surface area (Å²) in [4.78, 5) is 6.41. The lowest BCUT2D eigenvalue weighted by atomic mass is 10.0. The van der Waals surface area contributed by atoms with E-state index in [9.17, 15) is 4.39 Å². The number of nitrogens with zero attached hydrogens (tertiary/aromatic N) is 5. The van der Waals surface area contributed by atoms with Crippen LogP contribution in [-0.2, 0) is 11.0 Å². The summed E-state index contributed by atoms with van der Waals surface area (Å²) in [5.41, 5.74) is 5.10. The molecule has 5 aromatic rings. The molecule has 0 aliphatic carbocycles. The summed E-state index contributed by atoms with van der Waals surface area (Å²) < 4.78 is 22.1. The molecule has 0 unspecified atom stereocenters. The molecule has 0 saturated heterocycles. The van der Waals surface area contributed by atoms with Crippen LogP contribution in [0.4, 0.5) is 4.39 Å². The molecule has 0 atom stereocenters. The van der Waals surface area contributed by atoms with Gasteiger partial charge in [-0.2, -0.15) is 15.0 Å². The molecule has 0 fully saturated rings. The van der Waals surface area contributed by atoms with Crippen LogP contribution >= 0.6 is 0 Å². The molecule has 38 heavy (non-hydrogen) atoms. The van der Waals surface area contributed by atoms with E-state index >= 15 is 0 Å². The second kappa shape index (κ2) is 10.3. The molecule has 8 heteroatoms. The van der Waals surface area contributed by atoms with Crippen LogP contribution < -0.4 is 0 Å². The van der Waals surface area contributed by atoms with Gasteiger partial charge in [0, 0.05) is 41.2 Å². The SMILES string of the molecule is CC(C)(C)[Si](C)(C)OCCCn1nc(-c2ccc(F)cc2)c(-c2ccnc3c2ccn3-c2ccccc2)n1. The first-order valence-electron chi connectivity index (χ1n) is 13.0. The van der Waals surface area contributed by atoms with Crippen LogP contribution in [0.1, 0.15) is 27.2 Å². The van der Waals surface area contributed by atoms with E-state index in [4.69, 9.17) is 14.6 Å². The summed E-state index contributed by atoms with van der Waals surface area (Å²) in [6.07, 6.45) is 4.63.